The zero-order valence-electron chi connectivity index (χ0n) is 18.5. The second kappa shape index (κ2) is 10.1. The summed E-state index contributed by atoms with van der Waals surface area (Å²) in [5.74, 6) is 0.268. The van der Waals surface area contributed by atoms with Gasteiger partial charge >= 0.3 is 0 Å². The number of hydrogen-bond donors (Lipinski definition) is 4. The van der Waals surface area contributed by atoms with Crippen molar-refractivity contribution in [2.45, 2.75) is 57.3 Å². The van der Waals surface area contributed by atoms with Gasteiger partial charge in [-0.25, -0.2) is 4.98 Å². The van der Waals surface area contributed by atoms with Crippen LogP contribution in [0.1, 0.15) is 54.7 Å². The van der Waals surface area contributed by atoms with Gasteiger partial charge in [-0.2, -0.15) is 0 Å². The molecule has 7 heteroatoms. The topological polar surface area (TPSA) is 103 Å². The van der Waals surface area contributed by atoms with Gasteiger partial charge in [0, 0.05) is 55.3 Å². The van der Waals surface area contributed by atoms with Crippen molar-refractivity contribution in [3.8, 4) is 0 Å². The van der Waals surface area contributed by atoms with E-state index >= 15 is 0 Å². The van der Waals surface area contributed by atoms with Crippen LogP contribution in [0.4, 0.5) is 0 Å². The highest BCUT2D eigenvalue weighted by atomic mass is 16.3. The van der Waals surface area contributed by atoms with E-state index in [9.17, 15) is 9.90 Å². The Morgan fingerprint density at radius 3 is 2.59 bits per heavy atom. The molecule has 4 atom stereocenters. The summed E-state index contributed by atoms with van der Waals surface area (Å²) in [7, 11) is 0. The minimum Gasteiger partial charge on any atom is -0.392 e. The van der Waals surface area contributed by atoms with Crippen molar-refractivity contribution < 1.29 is 9.90 Å². The van der Waals surface area contributed by atoms with Crippen LogP contribution < -0.4 is 10.6 Å². The monoisotopic (exact) mass is 433 g/mol. The van der Waals surface area contributed by atoms with Crippen LogP contribution in [-0.2, 0) is 17.9 Å². The van der Waals surface area contributed by atoms with E-state index in [0.717, 1.165) is 22.6 Å². The van der Waals surface area contributed by atoms with Gasteiger partial charge in [-0.05, 0) is 23.6 Å². The molecule has 1 amide bonds. The molecule has 0 spiro atoms. The van der Waals surface area contributed by atoms with Crippen LogP contribution in [0.15, 0.2) is 61.1 Å². The highest BCUT2D eigenvalue weighted by Gasteiger charge is 2.47. The Bertz CT molecular complexity index is 1010. The predicted molar refractivity (Wildman–Crippen MR) is 123 cm³/mol. The fourth-order valence-corrected chi connectivity index (χ4v) is 4.40. The number of pyridine rings is 1. The molecule has 7 nitrogen and oxygen atoms in total. The zero-order valence-corrected chi connectivity index (χ0v) is 18.5. The second-order valence-electron chi connectivity index (χ2n) is 8.79. The number of nitrogens with zero attached hydrogens (tertiary/aromatic N) is 2. The number of nitrogens with one attached hydrogen (secondary N) is 3. The molecule has 1 aromatic carbocycles. The first kappa shape index (κ1) is 22.2. The number of aliphatic hydroxyl groups is 1. The van der Waals surface area contributed by atoms with Crippen LogP contribution in [0.5, 0.6) is 0 Å². The molecule has 1 saturated carbocycles. The number of carbonyl (C=O) groups is 1. The summed E-state index contributed by atoms with van der Waals surface area (Å²) in [6, 6.07) is 13.6. The lowest BCUT2D eigenvalue weighted by molar-refractivity contribution is -0.127. The molecule has 1 aliphatic rings. The number of benzene rings is 1. The Kier molecular flexibility index (Phi) is 6.97. The van der Waals surface area contributed by atoms with Gasteiger partial charge in [-0.3, -0.25) is 9.78 Å². The predicted octanol–water partition coefficient (Wildman–Crippen LogP) is 2.87. The molecule has 0 saturated heterocycles. The molecule has 2 aromatic heterocycles. The SMILES string of the molecule is CC(C)c1ncc([C@@H]2[C@H](O)[C@@H](C(=O)NCc3ccccc3)C[C@H]2NCc2cccnc2)[nH]1. The van der Waals surface area contributed by atoms with Crippen LogP contribution in [0.3, 0.4) is 0 Å². The van der Waals surface area contributed by atoms with E-state index in [0.29, 0.717) is 19.5 Å². The molecule has 3 aromatic rings. The van der Waals surface area contributed by atoms with E-state index in [4.69, 9.17) is 0 Å². The summed E-state index contributed by atoms with van der Waals surface area (Å²) in [6.45, 7) is 5.21. The van der Waals surface area contributed by atoms with E-state index < -0.39 is 12.0 Å². The Hall–Kier alpha value is -3.03. The van der Waals surface area contributed by atoms with Crippen molar-refractivity contribution in [3.05, 3.63) is 83.7 Å². The Morgan fingerprint density at radius 1 is 1.12 bits per heavy atom. The van der Waals surface area contributed by atoms with Crippen LogP contribution in [0, 0.1) is 5.92 Å². The number of aromatic amines is 1. The van der Waals surface area contributed by atoms with Gasteiger partial charge < -0.3 is 20.7 Å². The molecule has 1 aliphatic carbocycles. The van der Waals surface area contributed by atoms with Crippen LogP contribution in [-0.4, -0.2) is 38.1 Å². The van der Waals surface area contributed by atoms with Crippen molar-refractivity contribution in [2.75, 3.05) is 0 Å². The van der Waals surface area contributed by atoms with Crippen LogP contribution in [0.2, 0.25) is 0 Å². The number of H-pyrrole nitrogens is 1. The second-order valence-corrected chi connectivity index (χ2v) is 8.79. The Balaban J connectivity index is 1.50. The summed E-state index contributed by atoms with van der Waals surface area (Å²) < 4.78 is 0. The average molecular weight is 434 g/mol. The Morgan fingerprint density at radius 2 is 1.91 bits per heavy atom. The van der Waals surface area contributed by atoms with Gasteiger partial charge in [0.1, 0.15) is 5.82 Å². The van der Waals surface area contributed by atoms with Crippen molar-refractivity contribution in [1.29, 1.82) is 0 Å². The Labute approximate surface area is 188 Å². The number of carbonyl (C=O) groups excluding carboxylic acids is 1. The molecule has 0 bridgehead atoms. The average Bonchev–Trinajstić information content (AvgIpc) is 3.42. The third kappa shape index (κ3) is 5.06. The van der Waals surface area contributed by atoms with Crippen LogP contribution in [0.25, 0.3) is 0 Å². The van der Waals surface area contributed by atoms with Crippen molar-refractivity contribution >= 4 is 5.91 Å². The first-order valence-electron chi connectivity index (χ1n) is 11.2. The van der Waals surface area contributed by atoms with E-state index in [2.05, 4.69) is 39.4 Å². The molecule has 2 heterocycles. The summed E-state index contributed by atoms with van der Waals surface area (Å²) in [5.41, 5.74) is 2.96. The normalized spacial score (nSPS) is 22.9. The summed E-state index contributed by atoms with van der Waals surface area (Å²) in [5, 5.41) is 17.8. The van der Waals surface area contributed by atoms with E-state index in [-0.39, 0.29) is 23.8 Å². The quantitative estimate of drug-likeness (QED) is 0.437. The number of aliphatic hydroxyl groups excluding tert-OH is 1. The first-order valence-corrected chi connectivity index (χ1v) is 11.2. The number of rotatable bonds is 8. The zero-order chi connectivity index (χ0) is 22.5. The van der Waals surface area contributed by atoms with Gasteiger partial charge in [0.05, 0.1) is 12.0 Å². The minimum absolute atomic E-state index is 0.0712. The molecule has 32 heavy (non-hydrogen) atoms. The smallest absolute Gasteiger partial charge is 0.226 e. The van der Waals surface area contributed by atoms with Gasteiger partial charge in [0.15, 0.2) is 0 Å². The highest BCUT2D eigenvalue weighted by Crippen LogP contribution is 2.39. The van der Waals surface area contributed by atoms with Crippen molar-refractivity contribution in [1.82, 2.24) is 25.6 Å². The maximum atomic E-state index is 13.0. The summed E-state index contributed by atoms with van der Waals surface area (Å²) in [6.07, 6.45) is 5.11. The molecule has 4 rings (SSSR count). The molecule has 4 N–H and O–H groups in total. The standard InChI is InChI=1S/C25H31N5O2/c1-16(2)24-28-15-21(30-24)22-20(27-14-18-9-6-10-26-12-18)11-19(23(22)31)25(32)29-13-17-7-4-3-5-8-17/h3-10,12,15-16,19-20,22-23,27,31H,11,13-14H2,1-2H3,(H,28,30)(H,29,32)/t19-,20+,22+,23+/m0/s1. The lowest BCUT2D eigenvalue weighted by Gasteiger charge is -2.22. The van der Waals surface area contributed by atoms with E-state index in [1.165, 1.54) is 0 Å². The number of imidazole rings is 1. The van der Waals surface area contributed by atoms with Crippen molar-refractivity contribution in [3.63, 3.8) is 0 Å². The summed E-state index contributed by atoms with van der Waals surface area (Å²) >= 11 is 0. The fraction of sp³-hybridized carbons (Fsp3) is 0.400. The number of hydrogen-bond acceptors (Lipinski definition) is 5. The van der Waals surface area contributed by atoms with Crippen LogP contribution >= 0.6 is 0 Å². The molecular weight excluding hydrogens is 402 g/mol. The van der Waals surface area contributed by atoms with Gasteiger partial charge in [-0.15, -0.1) is 0 Å². The third-order valence-electron chi connectivity index (χ3n) is 6.18. The van der Waals surface area contributed by atoms with Gasteiger partial charge in [0.2, 0.25) is 5.91 Å². The molecular formula is C25H31N5O2. The maximum absolute atomic E-state index is 13.0. The first-order chi connectivity index (χ1) is 15.5. The molecule has 0 radical (unpaired) electrons. The number of amides is 1. The third-order valence-corrected chi connectivity index (χ3v) is 6.18. The lowest BCUT2D eigenvalue weighted by atomic mass is 9.96. The van der Waals surface area contributed by atoms with E-state index in [1.807, 2.05) is 48.7 Å². The molecule has 1 fully saturated rings. The molecule has 0 aliphatic heterocycles. The largest absolute Gasteiger partial charge is 0.392 e. The van der Waals surface area contributed by atoms with Gasteiger partial charge in [-0.1, -0.05) is 50.2 Å². The highest BCUT2D eigenvalue weighted by molar-refractivity contribution is 5.80. The number of aromatic nitrogens is 3. The lowest BCUT2D eigenvalue weighted by Crippen LogP contribution is -2.36. The molecule has 0 unspecified atom stereocenters. The summed E-state index contributed by atoms with van der Waals surface area (Å²) in [4.78, 5) is 25.0. The molecule has 168 valence electrons. The minimum atomic E-state index is -0.808. The van der Waals surface area contributed by atoms with E-state index in [1.54, 1.807) is 12.4 Å². The van der Waals surface area contributed by atoms with Gasteiger partial charge in [0.25, 0.3) is 0 Å². The fourth-order valence-electron chi connectivity index (χ4n) is 4.40. The van der Waals surface area contributed by atoms with Crippen molar-refractivity contribution in [2.24, 2.45) is 5.92 Å². The maximum Gasteiger partial charge on any atom is 0.226 e.